The van der Waals surface area contributed by atoms with Crippen molar-refractivity contribution in [2.24, 2.45) is 5.92 Å². The molecule has 0 aliphatic carbocycles. The predicted octanol–water partition coefficient (Wildman–Crippen LogP) is 2.99. The average molecular weight is 317 g/mol. The molecule has 1 atom stereocenters. The van der Waals surface area contributed by atoms with E-state index in [-0.39, 0.29) is 11.8 Å². The van der Waals surface area contributed by atoms with Crippen LogP contribution >= 0.6 is 0 Å². The van der Waals surface area contributed by atoms with E-state index >= 15 is 0 Å². The number of amides is 2. The lowest BCUT2D eigenvalue weighted by atomic mass is 10.1. The van der Waals surface area contributed by atoms with Crippen LogP contribution in [-0.4, -0.2) is 36.2 Å². The molecule has 1 saturated heterocycles. The summed E-state index contributed by atoms with van der Waals surface area (Å²) in [7, 11) is 1.60. The first-order valence-electron chi connectivity index (χ1n) is 7.57. The second-order valence-electron chi connectivity index (χ2n) is 6.62. The van der Waals surface area contributed by atoms with Gasteiger partial charge in [0.2, 0.25) is 5.91 Å². The van der Waals surface area contributed by atoms with Crippen molar-refractivity contribution in [2.45, 2.75) is 32.8 Å². The summed E-state index contributed by atoms with van der Waals surface area (Å²) in [6, 6.07) is 3.49. The number of ether oxygens (including phenoxy) is 1. The minimum Gasteiger partial charge on any atom is -0.443 e. The van der Waals surface area contributed by atoms with Crippen molar-refractivity contribution in [1.82, 2.24) is 4.98 Å². The highest BCUT2D eigenvalue weighted by Gasteiger charge is 2.29. The second-order valence-corrected chi connectivity index (χ2v) is 6.62. The Bertz CT molecular complexity index is 605. The van der Waals surface area contributed by atoms with Crippen molar-refractivity contribution in [3.05, 3.63) is 31.0 Å². The first-order chi connectivity index (χ1) is 10.7. The molecule has 2 rings (SSSR count). The van der Waals surface area contributed by atoms with Crippen LogP contribution < -0.4 is 9.80 Å². The molecular weight excluding hydrogens is 294 g/mol. The summed E-state index contributed by atoms with van der Waals surface area (Å²) in [5, 5.41) is 0. The summed E-state index contributed by atoms with van der Waals surface area (Å²) in [6.07, 6.45) is 3.40. The number of anilines is 2. The van der Waals surface area contributed by atoms with Gasteiger partial charge in [-0.1, -0.05) is 6.08 Å². The third-order valence-corrected chi connectivity index (χ3v) is 3.54. The molecule has 1 aliphatic heterocycles. The van der Waals surface area contributed by atoms with Crippen molar-refractivity contribution in [2.75, 3.05) is 23.4 Å². The van der Waals surface area contributed by atoms with Crippen LogP contribution in [0.2, 0.25) is 0 Å². The summed E-state index contributed by atoms with van der Waals surface area (Å²) in [4.78, 5) is 31.3. The highest BCUT2D eigenvalue weighted by molar-refractivity contribution is 5.96. The molecule has 124 valence electrons. The Kier molecular flexibility index (Phi) is 4.73. The highest BCUT2D eigenvalue weighted by atomic mass is 16.6. The van der Waals surface area contributed by atoms with Gasteiger partial charge in [0.05, 0.1) is 11.9 Å². The van der Waals surface area contributed by atoms with E-state index in [4.69, 9.17) is 4.74 Å². The van der Waals surface area contributed by atoms with Crippen LogP contribution in [0.25, 0.3) is 0 Å². The van der Waals surface area contributed by atoms with Crippen molar-refractivity contribution in [1.29, 1.82) is 0 Å². The normalized spacial score (nSPS) is 18.0. The third-order valence-electron chi connectivity index (χ3n) is 3.54. The fourth-order valence-electron chi connectivity index (χ4n) is 2.30. The van der Waals surface area contributed by atoms with E-state index in [0.29, 0.717) is 18.8 Å². The van der Waals surface area contributed by atoms with Crippen LogP contribution in [0.5, 0.6) is 0 Å². The largest absolute Gasteiger partial charge is 0.443 e. The summed E-state index contributed by atoms with van der Waals surface area (Å²) in [5.41, 5.74) is 0.160. The Balaban J connectivity index is 2.09. The van der Waals surface area contributed by atoms with Crippen molar-refractivity contribution < 1.29 is 14.3 Å². The van der Waals surface area contributed by atoms with Crippen LogP contribution in [0.3, 0.4) is 0 Å². The average Bonchev–Trinajstić information content (AvgIpc) is 2.86. The second kappa shape index (κ2) is 6.40. The van der Waals surface area contributed by atoms with Gasteiger partial charge in [0.25, 0.3) is 0 Å². The lowest BCUT2D eigenvalue weighted by molar-refractivity contribution is -0.117. The SMILES string of the molecule is C=CC1CC(=O)N(c2ccc(N(C)C(=O)OC(C)(C)C)nc2)C1. The molecular formula is C17H23N3O3. The standard InChI is InChI=1S/C17H23N3O3/c1-6-12-9-15(21)20(11-12)13-7-8-14(18-10-13)19(5)16(22)23-17(2,3)4/h6-8,10,12H,1,9,11H2,2-5H3. The van der Waals surface area contributed by atoms with E-state index in [1.54, 1.807) is 36.4 Å². The van der Waals surface area contributed by atoms with Gasteiger partial charge >= 0.3 is 6.09 Å². The van der Waals surface area contributed by atoms with Gasteiger partial charge in [0, 0.05) is 25.9 Å². The van der Waals surface area contributed by atoms with E-state index in [1.165, 1.54) is 4.90 Å². The molecule has 6 nitrogen and oxygen atoms in total. The number of aromatic nitrogens is 1. The molecule has 1 unspecified atom stereocenters. The van der Waals surface area contributed by atoms with Gasteiger partial charge in [-0.2, -0.15) is 0 Å². The zero-order valence-corrected chi connectivity index (χ0v) is 14.1. The molecule has 1 fully saturated rings. The Morgan fingerprint density at radius 2 is 2.17 bits per heavy atom. The van der Waals surface area contributed by atoms with Crippen LogP contribution in [-0.2, 0) is 9.53 Å². The van der Waals surface area contributed by atoms with E-state index < -0.39 is 11.7 Å². The van der Waals surface area contributed by atoms with Gasteiger partial charge in [-0.15, -0.1) is 6.58 Å². The Morgan fingerprint density at radius 1 is 1.48 bits per heavy atom. The maximum Gasteiger partial charge on any atom is 0.415 e. The molecule has 0 N–H and O–H groups in total. The number of hydrogen-bond acceptors (Lipinski definition) is 4. The minimum atomic E-state index is -0.563. The molecule has 0 aromatic carbocycles. The third kappa shape index (κ3) is 4.09. The number of nitrogens with zero attached hydrogens (tertiary/aromatic N) is 3. The van der Waals surface area contributed by atoms with Gasteiger partial charge in [-0.3, -0.25) is 9.69 Å². The van der Waals surface area contributed by atoms with Crippen molar-refractivity contribution in [3.63, 3.8) is 0 Å². The van der Waals surface area contributed by atoms with Crippen LogP contribution in [0, 0.1) is 5.92 Å². The first-order valence-corrected chi connectivity index (χ1v) is 7.57. The number of carbonyl (C=O) groups excluding carboxylic acids is 2. The molecule has 0 radical (unpaired) electrons. The fraction of sp³-hybridized carbons (Fsp3) is 0.471. The number of rotatable bonds is 3. The fourth-order valence-corrected chi connectivity index (χ4v) is 2.30. The Hall–Kier alpha value is -2.37. The zero-order valence-electron chi connectivity index (χ0n) is 14.1. The quantitative estimate of drug-likeness (QED) is 0.804. The van der Waals surface area contributed by atoms with Crippen LogP contribution in [0.4, 0.5) is 16.3 Å². The van der Waals surface area contributed by atoms with Crippen LogP contribution in [0.1, 0.15) is 27.2 Å². The summed E-state index contributed by atoms with van der Waals surface area (Å²) in [6.45, 7) is 9.78. The highest BCUT2D eigenvalue weighted by Crippen LogP contribution is 2.26. The molecule has 2 amide bonds. The lowest BCUT2D eigenvalue weighted by Gasteiger charge is -2.24. The van der Waals surface area contributed by atoms with Gasteiger partial charge < -0.3 is 9.64 Å². The van der Waals surface area contributed by atoms with E-state index in [0.717, 1.165) is 5.69 Å². The molecule has 6 heteroatoms. The maximum atomic E-state index is 12.0. The van der Waals surface area contributed by atoms with Crippen molar-refractivity contribution in [3.8, 4) is 0 Å². The maximum absolute atomic E-state index is 12.0. The monoisotopic (exact) mass is 317 g/mol. The lowest BCUT2D eigenvalue weighted by Crippen LogP contribution is -2.34. The summed E-state index contributed by atoms with van der Waals surface area (Å²) in [5.74, 6) is 0.700. The van der Waals surface area contributed by atoms with E-state index in [1.807, 2.05) is 20.8 Å². The Labute approximate surface area is 136 Å². The first kappa shape index (κ1) is 17.0. The molecule has 1 aromatic rings. The van der Waals surface area contributed by atoms with Gasteiger partial charge in [0.1, 0.15) is 11.4 Å². The smallest absolute Gasteiger partial charge is 0.415 e. The molecule has 2 heterocycles. The molecule has 0 bridgehead atoms. The summed E-state index contributed by atoms with van der Waals surface area (Å²) < 4.78 is 5.30. The summed E-state index contributed by atoms with van der Waals surface area (Å²) >= 11 is 0. The van der Waals surface area contributed by atoms with Crippen molar-refractivity contribution >= 4 is 23.5 Å². The predicted molar refractivity (Wildman–Crippen MR) is 89.5 cm³/mol. The van der Waals surface area contributed by atoms with E-state index in [9.17, 15) is 9.59 Å². The molecule has 0 spiro atoms. The number of carbonyl (C=O) groups is 2. The van der Waals surface area contributed by atoms with Crippen LogP contribution in [0.15, 0.2) is 31.0 Å². The molecule has 23 heavy (non-hydrogen) atoms. The van der Waals surface area contributed by atoms with Gasteiger partial charge in [0.15, 0.2) is 0 Å². The Morgan fingerprint density at radius 3 is 2.65 bits per heavy atom. The van der Waals surface area contributed by atoms with E-state index in [2.05, 4.69) is 11.6 Å². The van der Waals surface area contributed by atoms with Gasteiger partial charge in [-0.25, -0.2) is 9.78 Å². The zero-order chi connectivity index (χ0) is 17.2. The molecule has 0 saturated carbocycles. The number of pyridine rings is 1. The number of hydrogen-bond donors (Lipinski definition) is 0. The van der Waals surface area contributed by atoms with Gasteiger partial charge in [-0.05, 0) is 32.9 Å². The molecule has 1 aromatic heterocycles. The topological polar surface area (TPSA) is 62.7 Å². The molecule has 1 aliphatic rings. The minimum absolute atomic E-state index is 0.0601.